The Balaban J connectivity index is 3.46. The molecule has 0 spiro atoms. The van der Waals surface area contributed by atoms with E-state index in [-0.39, 0.29) is 75.6 Å². The third kappa shape index (κ3) is 30.2. The van der Waals surface area contributed by atoms with Gasteiger partial charge in [-0.05, 0) is 103 Å². The highest BCUT2D eigenvalue weighted by Crippen LogP contribution is 2.21. The van der Waals surface area contributed by atoms with Gasteiger partial charge in [-0.25, -0.2) is 4.79 Å². The van der Waals surface area contributed by atoms with Crippen molar-refractivity contribution in [3.05, 3.63) is 0 Å². The molecule has 16 atom stereocenters. The molecule has 0 aromatic carbocycles. The van der Waals surface area contributed by atoms with E-state index in [2.05, 4.69) is 88.7 Å². The Morgan fingerprint density at radius 2 is 0.867 bits per heavy atom. The van der Waals surface area contributed by atoms with Gasteiger partial charge in [-0.1, -0.05) is 34.1 Å². The molecule has 1 saturated heterocycles. The quantitative estimate of drug-likeness (QED) is 0.0116. The van der Waals surface area contributed by atoms with Gasteiger partial charge in [0.1, 0.15) is 66.5 Å². The predicted molar refractivity (Wildman–Crippen MR) is 359 cm³/mol. The van der Waals surface area contributed by atoms with Crippen molar-refractivity contribution >= 4 is 114 Å². The fourth-order valence-electron chi connectivity index (χ4n) is 9.75. The molecule has 27 N–H and O–H groups in total. The first-order valence-corrected chi connectivity index (χ1v) is 33.4. The molecule has 558 valence electrons. The number of aliphatic hydroxyl groups excluding tert-OH is 4. The number of hydrogen-bond acceptors (Lipinski definition) is 24. The van der Waals surface area contributed by atoms with Crippen LogP contribution in [0.15, 0.2) is 4.99 Å². The summed E-state index contributed by atoms with van der Waals surface area (Å²) in [5.74, 6) is -18.3. The fourth-order valence-corrected chi connectivity index (χ4v) is 10.3. The van der Waals surface area contributed by atoms with E-state index >= 15 is 0 Å². The molecule has 0 saturated carbocycles. The molecule has 38 nitrogen and oxygen atoms in total. The van der Waals surface area contributed by atoms with Gasteiger partial charge in [0.05, 0.1) is 37.4 Å². The number of aliphatic carboxylic acids is 2. The van der Waals surface area contributed by atoms with Gasteiger partial charge in [0.2, 0.25) is 70.9 Å². The van der Waals surface area contributed by atoms with Crippen LogP contribution in [0.2, 0.25) is 0 Å². The number of aliphatic hydroxyl groups is 4. The number of unbranched alkanes of at least 4 members (excludes halogenated alkanes) is 2. The number of nitrogens with one attached hydrogen (secondary N) is 11. The van der Waals surface area contributed by atoms with Gasteiger partial charge < -0.3 is 123 Å². The highest BCUT2D eigenvalue weighted by Gasteiger charge is 2.43. The summed E-state index contributed by atoms with van der Waals surface area (Å²) in [7, 11) is 0. The van der Waals surface area contributed by atoms with Crippen LogP contribution in [0.5, 0.6) is 0 Å². The van der Waals surface area contributed by atoms with Crippen molar-refractivity contribution in [2.24, 2.45) is 45.5 Å². The first kappa shape index (κ1) is 88.3. The van der Waals surface area contributed by atoms with Gasteiger partial charge in [-0.2, -0.15) is 25.3 Å². The number of aliphatic imine (C=N–C) groups is 1. The second-order valence-corrected chi connectivity index (χ2v) is 25.0. The first-order valence-electron chi connectivity index (χ1n) is 32.1. The largest absolute Gasteiger partial charge is 0.481 e. The zero-order chi connectivity index (χ0) is 74.8. The van der Waals surface area contributed by atoms with E-state index in [1.807, 2.05) is 0 Å². The van der Waals surface area contributed by atoms with E-state index in [1.54, 1.807) is 0 Å². The molecule has 98 heavy (non-hydrogen) atoms. The summed E-state index contributed by atoms with van der Waals surface area (Å²) >= 11 is 8.19. The van der Waals surface area contributed by atoms with Crippen LogP contribution in [0.4, 0.5) is 0 Å². The third-order valence-corrected chi connectivity index (χ3v) is 16.1. The Labute approximate surface area is 578 Å². The summed E-state index contributed by atoms with van der Waals surface area (Å²) in [6, 6.07) is -20.5. The Morgan fingerprint density at radius 3 is 1.35 bits per heavy atom. The number of amides is 12. The van der Waals surface area contributed by atoms with Crippen LogP contribution in [0.3, 0.4) is 0 Å². The molecule has 1 aliphatic rings. The maximum absolute atomic E-state index is 14.3. The summed E-state index contributed by atoms with van der Waals surface area (Å²) in [4.78, 5) is 194. The van der Waals surface area contributed by atoms with Gasteiger partial charge in [-0.15, -0.1) is 0 Å². The number of carboxylic acid groups (broad SMARTS) is 2. The fraction of sp³-hybridized carbons (Fsp3) is 0.741. The molecular weight excluding hydrogens is 1330 g/mol. The standard InChI is InChI=1S/C58H104N18O20S2/c1-26(2)40(72-52(90)38-17-13-21-76(38)56(94)43(29(6)79)74-45(83)31(61)14-8-10-18-59)53(91)68-35(23-77)49(87)67-34(22-39(81)82)48(86)65-33(16-12-20-64-58(62)63)47(85)71-41(27(3)4)54(92)73-42(28(5)78)55(93)66-32(15-9-11-19-60)46(84)69-36(24-97)50(88)70-37(25-98)51(89)75-44(30(7)80)57(95)96/h26-38,40-44,77-80,97-98H,8-25,59-61H2,1-7H3,(H,65,86)(H,66,93)(H,67,87)(H,68,91)(H,69,84)(H,70,88)(H,71,85)(H,72,90)(H,73,92)(H,74,83)(H,75,89)(H,81,82)(H,95,96)(H4,62,63,64)/t28-,29-,30-,31+,32+,33+,34+,35+,36+,37+,38+,40+,41+,42+,43+,44+/m1/s1. The maximum atomic E-state index is 14.3. The highest BCUT2D eigenvalue weighted by atomic mass is 32.1. The van der Waals surface area contributed by atoms with Crippen molar-refractivity contribution in [1.29, 1.82) is 0 Å². The summed E-state index contributed by atoms with van der Waals surface area (Å²) < 4.78 is 0. The van der Waals surface area contributed by atoms with Crippen molar-refractivity contribution < 1.29 is 97.8 Å². The monoisotopic (exact) mass is 1440 g/mol. The van der Waals surface area contributed by atoms with Crippen LogP contribution < -0.4 is 87.2 Å². The van der Waals surface area contributed by atoms with Crippen LogP contribution >= 0.6 is 25.3 Å². The third-order valence-electron chi connectivity index (χ3n) is 15.4. The maximum Gasteiger partial charge on any atom is 0.328 e. The van der Waals surface area contributed by atoms with Crippen molar-refractivity contribution in [2.45, 2.75) is 216 Å². The van der Waals surface area contributed by atoms with Crippen molar-refractivity contribution in [2.75, 3.05) is 44.3 Å². The molecule has 1 rings (SSSR count). The molecule has 0 radical (unpaired) electrons. The molecular formula is C58H104N18O20S2. The lowest BCUT2D eigenvalue weighted by atomic mass is 10.0. The van der Waals surface area contributed by atoms with Crippen molar-refractivity contribution in [3.63, 3.8) is 0 Å². The van der Waals surface area contributed by atoms with E-state index in [9.17, 15) is 97.8 Å². The molecule has 40 heteroatoms. The molecule has 1 fully saturated rings. The number of nitrogens with zero attached hydrogens (tertiary/aromatic N) is 2. The number of carbonyl (C=O) groups is 14. The second kappa shape index (κ2) is 45.0. The molecule has 0 aliphatic carbocycles. The number of carboxylic acids is 2. The zero-order valence-corrected chi connectivity index (χ0v) is 58.0. The lowest BCUT2D eigenvalue weighted by molar-refractivity contribution is -0.145. The number of rotatable bonds is 46. The Hall–Kier alpha value is -7.73. The van der Waals surface area contributed by atoms with Gasteiger partial charge >= 0.3 is 11.9 Å². The van der Waals surface area contributed by atoms with Gasteiger partial charge in [0.15, 0.2) is 12.0 Å². The lowest BCUT2D eigenvalue weighted by Crippen LogP contribution is -2.63. The van der Waals surface area contributed by atoms with Crippen molar-refractivity contribution in [3.8, 4) is 0 Å². The SMILES string of the molecule is CC(C)[C@H](NC(=O)[C@H](CCCN=C(N)N)NC(=O)[C@H](CC(=O)O)NC(=O)[C@H](CO)NC(=O)[C@@H](NC(=O)[C@@H]1CCCN1C(=O)[C@@H](NC(=O)[C@@H](N)CCCCN)[C@@H](C)O)C(C)C)C(=O)N[C@H](C(=O)N[C@@H](CCCCN)C(=O)N[C@@H](CS)C(=O)N[C@@H](CS)C(=O)N[C@H](C(=O)O)[C@@H](C)O)[C@@H](C)O. The molecule has 0 aromatic heterocycles. The number of nitrogens with two attached hydrogens (primary N) is 5. The molecule has 0 bridgehead atoms. The van der Waals surface area contributed by atoms with Crippen LogP contribution in [0, 0.1) is 11.8 Å². The average molecular weight is 1440 g/mol. The van der Waals surface area contributed by atoms with Crippen molar-refractivity contribution in [1.82, 2.24) is 63.4 Å². The Bertz CT molecular complexity index is 2730. The molecule has 1 aliphatic heterocycles. The van der Waals surface area contributed by atoms with Crippen LogP contribution in [-0.2, 0) is 67.1 Å². The smallest absolute Gasteiger partial charge is 0.328 e. The number of hydrogen-bond donors (Lipinski definition) is 24. The topological polar surface area (TPSA) is 638 Å². The summed E-state index contributed by atoms with van der Waals surface area (Å²) in [5, 5.41) is 86.8. The van der Waals surface area contributed by atoms with E-state index < -0.39 is 205 Å². The minimum Gasteiger partial charge on any atom is -0.481 e. The summed E-state index contributed by atoms with van der Waals surface area (Å²) in [6.07, 6.45) is -4.00. The number of thiol groups is 2. The van der Waals surface area contributed by atoms with Gasteiger partial charge in [0.25, 0.3) is 0 Å². The van der Waals surface area contributed by atoms with Gasteiger partial charge in [-0.3, -0.25) is 67.3 Å². The number of carbonyl (C=O) groups excluding carboxylic acids is 12. The Kier molecular flexibility index (Phi) is 40.6. The van der Waals surface area contributed by atoms with Crippen LogP contribution in [-0.4, -0.2) is 265 Å². The molecule has 0 unspecified atom stereocenters. The summed E-state index contributed by atoms with van der Waals surface area (Å²) in [5.41, 5.74) is 28.2. The van der Waals surface area contributed by atoms with Crippen LogP contribution in [0.25, 0.3) is 0 Å². The average Bonchev–Trinajstić information content (AvgIpc) is 1.56. The predicted octanol–water partition coefficient (Wildman–Crippen LogP) is -9.19. The minimum atomic E-state index is -2.05. The normalized spacial score (nSPS) is 17.4. The van der Waals surface area contributed by atoms with E-state index in [1.165, 1.54) is 34.6 Å². The molecule has 1 heterocycles. The lowest BCUT2D eigenvalue weighted by Gasteiger charge is -2.32. The van der Waals surface area contributed by atoms with E-state index in [0.29, 0.717) is 32.2 Å². The minimum absolute atomic E-state index is 0.0274. The second-order valence-electron chi connectivity index (χ2n) is 24.3. The van der Waals surface area contributed by atoms with E-state index in [0.717, 1.165) is 18.7 Å². The molecule has 0 aromatic rings. The first-order chi connectivity index (χ1) is 45.9. The van der Waals surface area contributed by atoms with Gasteiger partial charge in [0, 0.05) is 24.6 Å². The summed E-state index contributed by atoms with van der Waals surface area (Å²) in [6.45, 7) is 8.73. The van der Waals surface area contributed by atoms with E-state index in [4.69, 9.17) is 28.7 Å². The number of likely N-dealkylation sites (tertiary alicyclic amines) is 1. The Morgan fingerprint density at radius 1 is 0.480 bits per heavy atom. The highest BCUT2D eigenvalue weighted by molar-refractivity contribution is 7.80. The molecule has 12 amide bonds. The number of guanidine groups is 1. The zero-order valence-electron chi connectivity index (χ0n) is 56.2. The van der Waals surface area contributed by atoms with Crippen LogP contribution in [0.1, 0.15) is 119 Å².